The number of benzene rings is 1. The van der Waals surface area contributed by atoms with Crippen LogP contribution in [0.3, 0.4) is 0 Å². The second-order valence-electron chi connectivity index (χ2n) is 6.40. The third-order valence-corrected chi connectivity index (χ3v) is 5.64. The fraction of sp³-hybridized carbons (Fsp3) is 0.647. The van der Waals surface area contributed by atoms with Gasteiger partial charge in [-0.3, -0.25) is 0 Å². The van der Waals surface area contributed by atoms with Crippen molar-refractivity contribution >= 4 is 15.9 Å². The summed E-state index contributed by atoms with van der Waals surface area (Å²) >= 11 is 3.57. The van der Waals surface area contributed by atoms with Crippen molar-refractivity contribution in [2.24, 2.45) is 17.6 Å². The van der Waals surface area contributed by atoms with E-state index in [0.29, 0.717) is 0 Å². The molecule has 0 heterocycles. The first-order valence-corrected chi connectivity index (χ1v) is 8.42. The molecule has 3 nitrogen and oxygen atoms in total. The normalized spacial score (nSPS) is 26.0. The lowest BCUT2D eigenvalue weighted by Crippen LogP contribution is -2.41. The minimum atomic E-state index is -0.300. The predicted octanol–water partition coefficient (Wildman–Crippen LogP) is 4.47. The van der Waals surface area contributed by atoms with Crippen LogP contribution in [0.4, 0.5) is 0 Å². The summed E-state index contributed by atoms with van der Waals surface area (Å²) < 4.78 is 11.8. The molecule has 118 valence electrons. The van der Waals surface area contributed by atoms with Crippen LogP contribution < -0.4 is 15.2 Å². The Morgan fingerprint density at radius 1 is 1.19 bits per heavy atom. The Kier molecular flexibility index (Phi) is 5.20. The number of hydrogen-bond acceptors (Lipinski definition) is 3. The Morgan fingerprint density at radius 3 is 2.29 bits per heavy atom. The summed E-state index contributed by atoms with van der Waals surface area (Å²) in [5, 5.41) is 0. The molecule has 0 aliphatic heterocycles. The highest BCUT2D eigenvalue weighted by atomic mass is 79.9. The van der Waals surface area contributed by atoms with Gasteiger partial charge < -0.3 is 15.2 Å². The van der Waals surface area contributed by atoms with Crippen LogP contribution >= 0.6 is 15.9 Å². The third kappa shape index (κ3) is 3.21. The Labute approximate surface area is 136 Å². The second-order valence-corrected chi connectivity index (χ2v) is 7.19. The van der Waals surface area contributed by atoms with E-state index >= 15 is 0 Å². The van der Waals surface area contributed by atoms with Crippen LogP contribution in [0.2, 0.25) is 0 Å². The molecule has 1 aromatic rings. The fourth-order valence-corrected chi connectivity index (χ4v) is 4.05. The predicted molar refractivity (Wildman–Crippen MR) is 89.9 cm³/mol. The highest BCUT2D eigenvalue weighted by Gasteiger charge is 2.37. The zero-order chi connectivity index (χ0) is 15.6. The van der Waals surface area contributed by atoms with Gasteiger partial charge in [0.25, 0.3) is 0 Å². The van der Waals surface area contributed by atoms with Crippen LogP contribution in [0, 0.1) is 11.8 Å². The van der Waals surface area contributed by atoms with Crippen molar-refractivity contribution in [3.05, 3.63) is 22.2 Å². The summed E-state index contributed by atoms with van der Waals surface area (Å²) in [5.74, 6) is 3.10. The van der Waals surface area contributed by atoms with E-state index in [9.17, 15) is 0 Å². The van der Waals surface area contributed by atoms with Crippen molar-refractivity contribution in [1.29, 1.82) is 0 Å². The summed E-state index contributed by atoms with van der Waals surface area (Å²) in [6, 6.07) is 4.02. The fourth-order valence-electron chi connectivity index (χ4n) is 3.38. The first kappa shape index (κ1) is 16.6. The van der Waals surface area contributed by atoms with Gasteiger partial charge in [-0.15, -0.1) is 0 Å². The Balaban J connectivity index is 2.31. The van der Waals surface area contributed by atoms with Gasteiger partial charge in [-0.2, -0.15) is 0 Å². The van der Waals surface area contributed by atoms with Crippen LogP contribution in [-0.4, -0.2) is 14.2 Å². The molecule has 1 saturated carbocycles. The molecule has 1 aliphatic carbocycles. The van der Waals surface area contributed by atoms with Crippen LogP contribution in [0.15, 0.2) is 16.6 Å². The molecule has 4 heteroatoms. The van der Waals surface area contributed by atoms with Gasteiger partial charge >= 0.3 is 0 Å². The van der Waals surface area contributed by atoms with Gasteiger partial charge in [-0.25, -0.2) is 0 Å². The van der Waals surface area contributed by atoms with Gasteiger partial charge in [-0.1, -0.05) is 13.8 Å². The highest BCUT2D eigenvalue weighted by Crippen LogP contribution is 2.47. The molecular weight excluding hydrogens is 330 g/mol. The van der Waals surface area contributed by atoms with Crippen LogP contribution in [0.1, 0.15) is 45.1 Å². The molecule has 0 radical (unpaired) electrons. The average molecular weight is 356 g/mol. The molecule has 21 heavy (non-hydrogen) atoms. The topological polar surface area (TPSA) is 44.5 Å². The number of nitrogens with two attached hydrogens (primary N) is 1. The van der Waals surface area contributed by atoms with E-state index < -0.39 is 0 Å². The Morgan fingerprint density at radius 2 is 1.81 bits per heavy atom. The number of methoxy groups -OCH3 is 2. The van der Waals surface area contributed by atoms with Gasteiger partial charge in [0.05, 0.1) is 14.2 Å². The summed E-state index contributed by atoms with van der Waals surface area (Å²) in [6.45, 7) is 4.61. The molecule has 0 bridgehead atoms. The maximum absolute atomic E-state index is 6.74. The van der Waals surface area contributed by atoms with E-state index in [2.05, 4.69) is 35.8 Å². The largest absolute Gasteiger partial charge is 0.495 e. The zero-order valence-electron chi connectivity index (χ0n) is 13.4. The number of hydrogen-bond donors (Lipinski definition) is 1. The number of rotatable bonds is 4. The van der Waals surface area contributed by atoms with Crippen molar-refractivity contribution in [2.75, 3.05) is 14.2 Å². The van der Waals surface area contributed by atoms with Crippen molar-refractivity contribution < 1.29 is 9.47 Å². The number of halogens is 1. The van der Waals surface area contributed by atoms with Crippen molar-refractivity contribution in [3.63, 3.8) is 0 Å². The monoisotopic (exact) mass is 355 g/mol. The summed E-state index contributed by atoms with van der Waals surface area (Å²) in [6.07, 6.45) is 4.37. The first-order valence-electron chi connectivity index (χ1n) is 7.62. The SMILES string of the molecule is COc1ccc(C2(N)CCC(C(C)C)CC2)c(OC)c1Br. The van der Waals surface area contributed by atoms with Gasteiger partial charge in [0.1, 0.15) is 16.0 Å². The van der Waals surface area contributed by atoms with E-state index in [4.69, 9.17) is 15.2 Å². The lowest BCUT2D eigenvalue weighted by atomic mass is 9.70. The van der Waals surface area contributed by atoms with Gasteiger partial charge in [0, 0.05) is 11.1 Å². The van der Waals surface area contributed by atoms with E-state index in [0.717, 1.165) is 46.2 Å². The smallest absolute Gasteiger partial charge is 0.141 e. The van der Waals surface area contributed by atoms with E-state index in [1.165, 1.54) is 12.8 Å². The Hall–Kier alpha value is -0.740. The van der Waals surface area contributed by atoms with E-state index in [-0.39, 0.29) is 5.54 Å². The lowest BCUT2D eigenvalue weighted by molar-refractivity contribution is 0.192. The zero-order valence-corrected chi connectivity index (χ0v) is 15.0. The Bertz CT molecular complexity index is 494. The van der Waals surface area contributed by atoms with E-state index in [1.54, 1.807) is 14.2 Å². The second kappa shape index (κ2) is 6.57. The molecular formula is C17H26BrNO2. The summed E-state index contributed by atoms with van der Waals surface area (Å²) in [7, 11) is 3.34. The maximum atomic E-state index is 6.74. The van der Waals surface area contributed by atoms with Crippen LogP contribution in [-0.2, 0) is 5.54 Å². The molecule has 0 atom stereocenters. The lowest BCUT2D eigenvalue weighted by Gasteiger charge is -2.39. The molecule has 1 fully saturated rings. The van der Waals surface area contributed by atoms with Crippen molar-refractivity contribution in [2.45, 2.75) is 45.1 Å². The van der Waals surface area contributed by atoms with Crippen molar-refractivity contribution in [3.8, 4) is 11.5 Å². The summed E-state index contributed by atoms with van der Waals surface area (Å²) in [5.41, 5.74) is 7.52. The number of ether oxygens (including phenoxy) is 2. The molecule has 1 aromatic carbocycles. The van der Waals surface area contributed by atoms with Gasteiger partial charge in [-0.05, 0) is 65.6 Å². The first-order chi connectivity index (χ1) is 9.92. The minimum Gasteiger partial charge on any atom is -0.495 e. The van der Waals surface area contributed by atoms with E-state index in [1.807, 2.05) is 6.07 Å². The van der Waals surface area contributed by atoms with Crippen LogP contribution in [0.25, 0.3) is 0 Å². The third-order valence-electron chi connectivity index (χ3n) is 4.89. The molecule has 2 rings (SSSR count). The molecule has 0 unspecified atom stereocenters. The molecule has 0 amide bonds. The molecule has 1 aliphatic rings. The van der Waals surface area contributed by atoms with Crippen LogP contribution in [0.5, 0.6) is 11.5 Å². The van der Waals surface area contributed by atoms with Gasteiger partial charge in [0.15, 0.2) is 0 Å². The quantitative estimate of drug-likeness (QED) is 0.866. The standard InChI is InChI=1S/C17H26BrNO2/c1-11(2)12-7-9-17(19,10-8-12)13-5-6-14(20-3)15(18)16(13)21-4/h5-6,11-12H,7-10,19H2,1-4H3. The minimum absolute atomic E-state index is 0.300. The molecule has 0 saturated heterocycles. The molecule has 0 spiro atoms. The maximum Gasteiger partial charge on any atom is 0.141 e. The highest BCUT2D eigenvalue weighted by molar-refractivity contribution is 9.10. The summed E-state index contributed by atoms with van der Waals surface area (Å²) in [4.78, 5) is 0. The molecule has 2 N–H and O–H groups in total. The van der Waals surface area contributed by atoms with Crippen molar-refractivity contribution in [1.82, 2.24) is 0 Å². The molecule has 0 aromatic heterocycles. The van der Waals surface area contributed by atoms with Gasteiger partial charge in [0.2, 0.25) is 0 Å². The average Bonchev–Trinajstić information content (AvgIpc) is 2.47.